The lowest BCUT2D eigenvalue weighted by atomic mass is 10.0. The third-order valence-corrected chi connectivity index (χ3v) is 1.97. The molecular formula is C9H10FNO. The van der Waals surface area contributed by atoms with E-state index < -0.39 is 0 Å². The van der Waals surface area contributed by atoms with Crippen LogP contribution in [0.25, 0.3) is 0 Å². The van der Waals surface area contributed by atoms with Crippen molar-refractivity contribution in [2.75, 3.05) is 6.61 Å². The minimum absolute atomic E-state index is 0.000648. The molecule has 0 saturated heterocycles. The van der Waals surface area contributed by atoms with E-state index in [0.717, 1.165) is 5.56 Å². The molecule has 1 aliphatic heterocycles. The molecule has 2 rings (SSSR count). The van der Waals surface area contributed by atoms with Gasteiger partial charge in [-0.2, -0.15) is 0 Å². The molecule has 0 fully saturated rings. The number of para-hydroxylation sites is 1. The van der Waals surface area contributed by atoms with E-state index in [4.69, 9.17) is 10.5 Å². The lowest BCUT2D eigenvalue weighted by molar-refractivity contribution is 0.251. The number of halogens is 1. The van der Waals surface area contributed by atoms with E-state index in [1.165, 1.54) is 6.07 Å². The van der Waals surface area contributed by atoms with Crippen LogP contribution in [0.2, 0.25) is 0 Å². The highest BCUT2D eigenvalue weighted by Gasteiger charge is 2.18. The molecule has 1 heterocycles. The largest absolute Gasteiger partial charge is 0.489 e. The van der Waals surface area contributed by atoms with Crippen LogP contribution in [0.3, 0.4) is 0 Å². The molecule has 2 nitrogen and oxygen atoms in total. The van der Waals surface area contributed by atoms with Crippen molar-refractivity contribution in [1.82, 2.24) is 0 Å². The van der Waals surface area contributed by atoms with Crippen molar-refractivity contribution in [2.24, 2.45) is 5.73 Å². The summed E-state index contributed by atoms with van der Waals surface area (Å²) in [5.74, 6) is 0.0820. The number of rotatable bonds is 0. The van der Waals surface area contributed by atoms with Gasteiger partial charge in [0.1, 0.15) is 6.61 Å². The summed E-state index contributed by atoms with van der Waals surface area (Å²) in [7, 11) is 0. The topological polar surface area (TPSA) is 35.2 Å². The van der Waals surface area contributed by atoms with E-state index in [2.05, 4.69) is 0 Å². The SMILES string of the molecule is N[C@H]1COc2c(F)cccc2C1. The van der Waals surface area contributed by atoms with Gasteiger partial charge in [-0.1, -0.05) is 12.1 Å². The molecule has 0 radical (unpaired) electrons. The molecule has 1 aliphatic rings. The van der Waals surface area contributed by atoms with Gasteiger partial charge in [0.25, 0.3) is 0 Å². The molecule has 0 saturated carbocycles. The zero-order valence-electron chi connectivity index (χ0n) is 6.59. The first-order valence-electron chi connectivity index (χ1n) is 3.93. The summed E-state index contributed by atoms with van der Waals surface area (Å²) in [6, 6.07) is 4.92. The first kappa shape index (κ1) is 7.55. The number of fused-ring (bicyclic) bond motifs is 1. The average molecular weight is 167 g/mol. The lowest BCUT2D eigenvalue weighted by Crippen LogP contribution is -2.34. The van der Waals surface area contributed by atoms with Gasteiger partial charge in [0, 0.05) is 6.04 Å². The Hall–Kier alpha value is -1.09. The van der Waals surface area contributed by atoms with Crippen LogP contribution in [0.5, 0.6) is 5.75 Å². The highest BCUT2D eigenvalue weighted by molar-refractivity contribution is 5.37. The van der Waals surface area contributed by atoms with Crippen LogP contribution in [0, 0.1) is 5.82 Å². The number of nitrogens with two attached hydrogens (primary N) is 1. The Morgan fingerprint density at radius 2 is 2.33 bits per heavy atom. The Kier molecular flexibility index (Phi) is 1.73. The molecule has 3 heteroatoms. The van der Waals surface area contributed by atoms with Crippen LogP contribution in [0.15, 0.2) is 18.2 Å². The minimum atomic E-state index is -0.292. The molecule has 0 aliphatic carbocycles. The molecule has 0 amide bonds. The van der Waals surface area contributed by atoms with Crippen LogP contribution in [-0.2, 0) is 6.42 Å². The Labute approximate surface area is 70.1 Å². The normalized spacial score (nSPS) is 21.3. The third-order valence-electron chi connectivity index (χ3n) is 1.97. The summed E-state index contributed by atoms with van der Waals surface area (Å²) in [5, 5.41) is 0. The zero-order valence-corrected chi connectivity index (χ0v) is 6.59. The maximum Gasteiger partial charge on any atom is 0.165 e. The first-order valence-corrected chi connectivity index (χ1v) is 3.93. The maximum atomic E-state index is 13.0. The molecule has 1 atom stereocenters. The molecule has 64 valence electrons. The van der Waals surface area contributed by atoms with Crippen LogP contribution in [0.4, 0.5) is 4.39 Å². The van der Waals surface area contributed by atoms with Crippen LogP contribution >= 0.6 is 0 Å². The van der Waals surface area contributed by atoms with Crippen molar-refractivity contribution in [3.63, 3.8) is 0 Å². The molecule has 0 spiro atoms. The van der Waals surface area contributed by atoms with Gasteiger partial charge in [0.15, 0.2) is 11.6 Å². The molecule has 0 bridgehead atoms. The van der Waals surface area contributed by atoms with Gasteiger partial charge < -0.3 is 10.5 Å². The Morgan fingerprint density at radius 1 is 1.50 bits per heavy atom. The van der Waals surface area contributed by atoms with E-state index in [-0.39, 0.29) is 11.9 Å². The first-order chi connectivity index (χ1) is 5.77. The summed E-state index contributed by atoms with van der Waals surface area (Å²) >= 11 is 0. The monoisotopic (exact) mass is 167 g/mol. The lowest BCUT2D eigenvalue weighted by Gasteiger charge is -2.22. The zero-order chi connectivity index (χ0) is 8.55. The van der Waals surface area contributed by atoms with Gasteiger partial charge in [-0.05, 0) is 18.1 Å². The van der Waals surface area contributed by atoms with Crippen LogP contribution in [0.1, 0.15) is 5.56 Å². The summed E-state index contributed by atoms with van der Waals surface area (Å²) in [6.07, 6.45) is 0.701. The number of ether oxygens (including phenoxy) is 1. The van der Waals surface area contributed by atoms with E-state index in [1.54, 1.807) is 6.07 Å². The van der Waals surface area contributed by atoms with Gasteiger partial charge in [-0.15, -0.1) is 0 Å². The second kappa shape index (κ2) is 2.75. The molecule has 1 aromatic carbocycles. The van der Waals surface area contributed by atoms with Gasteiger partial charge >= 0.3 is 0 Å². The molecule has 0 unspecified atom stereocenters. The van der Waals surface area contributed by atoms with E-state index in [0.29, 0.717) is 18.8 Å². The van der Waals surface area contributed by atoms with Gasteiger partial charge in [0.2, 0.25) is 0 Å². The Morgan fingerprint density at radius 3 is 3.17 bits per heavy atom. The molecule has 0 aromatic heterocycles. The maximum absolute atomic E-state index is 13.0. The van der Waals surface area contributed by atoms with Crippen molar-refractivity contribution in [1.29, 1.82) is 0 Å². The molecular weight excluding hydrogens is 157 g/mol. The van der Waals surface area contributed by atoms with Crippen molar-refractivity contribution in [2.45, 2.75) is 12.5 Å². The fourth-order valence-corrected chi connectivity index (χ4v) is 1.41. The fraction of sp³-hybridized carbons (Fsp3) is 0.333. The summed E-state index contributed by atoms with van der Waals surface area (Å²) in [6.45, 7) is 0.411. The molecule has 2 N–H and O–H groups in total. The number of benzene rings is 1. The smallest absolute Gasteiger partial charge is 0.165 e. The predicted octanol–water partition coefficient (Wildman–Crippen LogP) is 1.09. The molecule has 1 aromatic rings. The van der Waals surface area contributed by atoms with Crippen molar-refractivity contribution in [3.8, 4) is 5.75 Å². The average Bonchev–Trinajstić information content (AvgIpc) is 2.04. The van der Waals surface area contributed by atoms with Crippen molar-refractivity contribution < 1.29 is 9.13 Å². The van der Waals surface area contributed by atoms with E-state index >= 15 is 0 Å². The second-order valence-electron chi connectivity index (χ2n) is 3.00. The van der Waals surface area contributed by atoms with Gasteiger partial charge in [-0.25, -0.2) is 4.39 Å². The highest BCUT2D eigenvalue weighted by Crippen LogP contribution is 2.26. The third kappa shape index (κ3) is 1.16. The Bertz CT molecular complexity index is 301. The van der Waals surface area contributed by atoms with Gasteiger partial charge in [0.05, 0.1) is 0 Å². The summed E-state index contributed by atoms with van der Waals surface area (Å²) in [5.41, 5.74) is 6.52. The predicted molar refractivity (Wildman–Crippen MR) is 43.6 cm³/mol. The van der Waals surface area contributed by atoms with E-state index in [1.807, 2.05) is 6.07 Å². The standard InChI is InChI=1S/C9H10FNO/c10-8-3-1-2-6-4-7(11)5-12-9(6)8/h1-3,7H,4-5,11H2/t7-/m1/s1. The minimum Gasteiger partial charge on any atom is -0.489 e. The molecule has 12 heavy (non-hydrogen) atoms. The fourth-order valence-electron chi connectivity index (χ4n) is 1.41. The highest BCUT2D eigenvalue weighted by atomic mass is 19.1. The van der Waals surface area contributed by atoms with Crippen molar-refractivity contribution in [3.05, 3.63) is 29.6 Å². The number of hydrogen-bond donors (Lipinski definition) is 1. The summed E-state index contributed by atoms with van der Waals surface area (Å²) in [4.78, 5) is 0. The van der Waals surface area contributed by atoms with Gasteiger partial charge in [-0.3, -0.25) is 0 Å². The van der Waals surface area contributed by atoms with Crippen molar-refractivity contribution >= 4 is 0 Å². The Balaban J connectivity index is 2.42. The van der Waals surface area contributed by atoms with E-state index in [9.17, 15) is 4.39 Å². The van der Waals surface area contributed by atoms with Crippen LogP contribution in [-0.4, -0.2) is 12.6 Å². The van der Waals surface area contributed by atoms with Crippen LogP contribution < -0.4 is 10.5 Å². The number of hydrogen-bond acceptors (Lipinski definition) is 2. The summed E-state index contributed by atoms with van der Waals surface area (Å²) < 4.78 is 18.2. The second-order valence-corrected chi connectivity index (χ2v) is 3.00. The quantitative estimate of drug-likeness (QED) is 0.627.